The van der Waals surface area contributed by atoms with Crippen molar-refractivity contribution in [1.82, 2.24) is 0 Å². The van der Waals surface area contributed by atoms with Crippen molar-refractivity contribution in [3.8, 4) is 0 Å². The van der Waals surface area contributed by atoms with Crippen LogP contribution in [-0.2, 0) is 19.1 Å². The zero-order valence-electron chi connectivity index (χ0n) is 13.5. The van der Waals surface area contributed by atoms with Gasteiger partial charge >= 0.3 is 17.9 Å². The molecule has 0 saturated carbocycles. The summed E-state index contributed by atoms with van der Waals surface area (Å²) >= 11 is 1.04. The summed E-state index contributed by atoms with van der Waals surface area (Å²) in [5.41, 5.74) is -0.541. The number of aliphatic carboxylic acids is 2. The summed E-state index contributed by atoms with van der Waals surface area (Å²) in [6.45, 7) is 5.72. The van der Waals surface area contributed by atoms with Crippen LogP contribution in [0.1, 0.15) is 59.3 Å². The predicted molar refractivity (Wildman–Crippen MR) is 85.1 cm³/mol. The zero-order valence-corrected chi connectivity index (χ0v) is 14.3. The monoisotopic (exact) mass is 334 g/mol. The fraction of sp³-hybridized carbons (Fsp3) is 0.800. The van der Waals surface area contributed by atoms with Crippen LogP contribution in [0.4, 0.5) is 0 Å². The SMILES string of the molecule is CCC(C)(CC)OC(=O)C(CCCCC(=O)O)SCC(=O)O. The van der Waals surface area contributed by atoms with Crippen molar-refractivity contribution in [1.29, 1.82) is 0 Å². The third kappa shape index (κ3) is 8.92. The topological polar surface area (TPSA) is 101 Å². The highest BCUT2D eigenvalue weighted by Crippen LogP contribution is 2.25. The number of thioether (sulfide) groups is 1. The minimum atomic E-state index is -0.984. The van der Waals surface area contributed by atoms with Gasteiger partial charge in [0.15, 0.2) is 0 Å². The van der Waals surface area contributed by atoms with Crippen molar-refractivity contribution >= 4 is 29.7 Å². The lowest BCUT2D eigenvalue weighted by molar-refractivity contribution is -0.158. The number of hydrogen-bond acceptors (Lipinski definition) is 5. The number of carboxylic acid groups (broad SMARTS) is 2. The van der Waals surface area contributed by atoms with Gasteiger partial charge in [0.1, 0.15) is 10.9 Å². The van der Waals surface area contributed by atoms with E-state index in [0.717, 1.165) is 11.8 Å². The molecule has 0 aromatic heterocycles. The van der Waals surface area contributed by atoms with Crippen LogP contribution >= 0.6 is 11.8 Å². The van der Waals surface area contributed by atoms with Crippen molar-refractivity contribution in [2.75, 3.05) is 5.75 Å². The molecule has 0 aromatic carbocycles. The lowest BCUT2D eigenvalue weighted by atomic mass is 10.00. The first kappa shape index (κ1) is 20.8. The number of ether oxygens (including phenoxy) is 1. The standard InChI is InChI=1S/C15H26O6S/c1-4-15(3,5-2)21-14(20)11(22-10-13(18)19)8-6-7-9-12(16)17/h11H,4-10H2,1-3H3,(H,16,17)(H,18,19). The van der Waals surface area contributed by atoms with E-state index < -0.39 is 28.8 Å². The second-order valence-electron chi connectivity index (χ2n) is 5.41. The maximum Gasteiger partial charge on any atom is 0.319 e. The molecule has 0 fully saturated rings. The number of esters is 1. The molecular formula is C15H26O6S. The Bertz CT molecular complexity index is 378. The molecule has 0 aliphatic carbocycles. The summed E-state index contributed by atoms with van der Waals surface area (Å²) in [6.07, 6.45) is 2.86. The second kappa shape index (κ2) is 10.5. The zero-order chi connectivity index (χ0) is 17.2. The van der Waals surface area contributed by atoms with Crippen molar-refractivity contribution < 1.29 is 29.3 Å². The lowest BCUT2D eigenvalue weighted by Crippen LogP contribution is -2.34. The number of unbranched alkanes of at least 4 members (excludes halogenated alkanes) is 1. The Morgan fingerprint density at radius 3 is 2.14 bits per heavy atom. The van der Waals surface area contributed by atoms with Crippen LogP contribution in [0.15, 0.2) is 0 Å². The van der Waals surface area contributed by atoms with E-state index in [4.69, 9.17) is 14.9 Å². The molecule has 22 heavy (non-hydrogen) atoms. The third-order valence-electron chi connectivity index (χ3n) is 3.62. The summed E-state index contributed by atoms with van der Waals surface area (Å²) in [7, 11) is 0. The van der Waals surface area contributed by atoms with Gasteiger partial charge in [-0.1, -0.05) is 20.3 Å². The molecule has 0 aliphatic heterocycles. The Kier molecular flexibility index (Phi) is 9.89. The van der Waals surface area contributed by atoms with Gasteiger partial charge in [-0.3, -0.25) is 14.4 Å². The molecule has 0 aromatic rings. The minimum Gasteiger partial charge on any atom is -0.481 e. The van der Waals surface area contributed by atoms with E-state index in [-0.39, 0.29) is 12.2 Å². The highest BCUT2D eigenvalue weighted by Gasteiger charge is 2.29. The van der Waals surface area contributed by atoms with E-state index in [0.29, 0.717) is 32.1 Å². The van der Waals surface area contributed by atoms with Crippen molar-refractivity contribution in [3.05, 3.63) is 0 Å². The molecule has 7 heteroatoms. The molecule has 0 saturated heterocycles. The predicted octanol–water partition coefficient (Wildman–Crippen LogP) is 2.94. The molecule has 0 spiro atoms. The number of carbonyl (C=O) groups excluding carboxylic acids is 1. The second-order valence-corrected chi connectivity index (χ2v) is 6.60. The van der Waals surface area contributed by atoms with E-state index in [1.165, 1.54) is 0 Å². The molecule has 0 heterocycles. The number of rotatable bonds is 12. The van der Waals surface area contributed by atoms with E-state index in [1.54, 1.807) is 0 Å². The van der Waals surface area contributed by atoms with Gasteiger partial charge in [-0.15, -0.1) is 11.8 Å². The number of hydrogen-bond donors (Lipinski definition) is 2. The molecule has 6 nitrogen and oxygen atoms in total. The summed E-state index contributed by atoms with van der Waals surface area (Å²) < 4.78 is 5.54. The summed E-state index contributed by atoms with van der Waals surface area (Å²) in [5, 5.41) is 16.8. The molecule has 1 unspecified atom stereocenters. The maximum absolute atomic E-state index is 12.3. The van der Waals surface area contributed by atoms with Gasteiger partial charge in [-0.2, -0.15) is 0 Å². The smallest absolute Gasteiger partial charge is 0.319 e. The largest absolute Gasteiger partial charge is 0.481 e. The first-order chi connectivity index (χ1) is 10.2. The Morgan fingerprint density at radius 1 is 1.09 bits per heavy atom. The Balaban J connectivity index is 4.58. The first-order valence-electron chi connectivity index (χ1n) is 7.52. The van der Waals surface area contributed by atoms with Crippen molar-refractivity contribution in [3.63, 3.8) is 0 Å². The van der Waals surface area contributed by atoms with Crippen LogP contribution < -0.4 is 0 Å². The fourth-order valence-electron chi connectivity index (χ4n) is 1.75. The summed E-state index contributed by atoms with van der Waals surface area (Å²) in [4.78, 5) is 33.4. The van der Waals surface area contributed by atoms with E-state index >= 15 is 0 Å². The van der Waals surface area contributed by atoms with Gasteiger partial charge in [0, 0.05) is 6.42 Å². The average molecular weight is 334 g/mol. The van der Waals surface area contributed by atoms with E-state index in [1.807, 2.05) is 20.8 Å². The average Bonchev–Trinajstić information content (AvgIpc) is 2.45. The minimum absolute atomic E-state index is 0.0486. The van der Waals surface area contributed by atoms with Crippen LogP contribution in [-0.4, -0.2) is 44.7 Å². The molecule has 0 rings (SSSR count). The Hall–Kier alpha value is -1.24. The molecule has 0 radical (unpaired) electrons. The summed E-state index contributed by atoms with van der Waals surface area (Å²) in [5.74, 6) is -2.44. The molecular weight excluding hydrogens is 308 g/mol. The maximum atomic E-state index is 12.3. The van der Waals surface area contributed by atoms with Crippen LogP contribution in [0, 0.1) is 0 Å². The van der Waals surface area contributed by atoms with Gasteiger partial charge in [-0.05, 0) is 32.6 Å². The normalized spacial score (nSPS) is 12.7. The molecule has 0 aliphatic rings. The molecule has 1 atom stereocenters. The van der Waals surface area contributed by atoms with E-state index in [2.05, 4.69) is 0 Å². The van der Waals surface area contributed by atoms with Crippen molar-refractivity contribution in [2.45, 2.75) is 70.1 Å². The molecule has 128 valence electrons. The van der Waals surface area contributed by atoms with Crippen LogP contribution in [0.25, 0.3) is 0 Å². The lowest BCUT2D eigenvalue weighted by Gasteiger charge is -2.29. The van der Waals surface area contributed by atoms with Crippen LogP contribution in [0.3, 0.4) is 0 Å². The molecule has 0 amide bonds. The van der Waals surface area contributed by atoms with Gasteiger partial charge in [0.2, 0.25) is 0 Å². The van der Waals surface area contributed by atoms with Crippen LogP contribution in [0.5, 0.6) is 0 Å². The van der Waals surface area contributed by atoms with Gasteiger partial charge < -0.3 is 14.9 Å². The number of carbonyl (C=O) groups is 3. The first-order valence-corrected chi connectivity index (χ1v) is 8.57. The summed E-state index contributed by atoms with van der Waals surface area (Å²) in [6, 6.07) is 0. The number of carboxylic acids is 2. The van der Waals surface area contributed by atoms with Gasteiger partial charge in [0.05, 0.1) is 5.75 Å². The van der Waals surface area contributed by atoms with Crippen molar-refractivity contribution in [2.24, 2.45) is 0 Å². The van der Waals surface area contributed by atoms with Crippen LogP contribution in [0.2, 0.25) is 0 Å². The highest BCUT2D eigenvalue weighted by molar-refractivity contribution is 8.01. The Labute approximate surface area is 135 Å². The van der Waals surface area contributed by atoms with Gasteiger partial charge in [-0.25, -0.2) is 0 Å². The molecule has 2 N–H and O–H groups in total. The fourth-order valence-corrected chi connectivity index (χ4v) is 2.61. The molecule has 0 bridgehead atoms. The third-order valence-corrected chi connectivity index (χ3v) is 4.86. The Morgan fingerprint density at radius 2 is 1.68 bits per heavy atom. The van der Waals surface area contributed by atoms with Gasteiger partial charge in [0.25, 0.3) is 0 Å². The quantitative estimate of drug-likeness (QED) is 0.418. The van der Waals surface area contributed by atoms with E-state index in [9.17, 15) is 14.4 Å². The highest BCUT2D eigenvalue weighted by atomic mass is 32.2.